The summed E-state index contributed by atoms with van der Waals surface area (Å²) in [5, 5.41) is 8.38. The fourth-order valence-corrected chi connectivity index (χ4v) is 3.21. The standard InChI is InChI=1S/C25H19N3O3/c1-17-21(26-23(30-17)18-10-4-2-5-11-18)16-29-22-15-9-8-14-20(22)25-28-27-24(31-25)19-12-6-3-7-13-19/h2-15H,16H2,1H3. The Hall–Kier alpha value is -4.19. The predicted molar refractivity (Wildman–Crippen MR) is 116 cm³/mol. The van der Waals surface area contributed by atoms with Crippen molar-refractivity contribution in [2.45, 2.75) is 13.5 Å². The third-order valence-corrected chi connectivity index (χ3v) is 4.84. The Labute approximate surface area is 179 Å². The van der Waals surface area contributed by atoms with E-state index in [-0.39, 0.29) is 6.61 Å². The van der Waals surface area contributed by atoms with E-state index < -0.39 is 0 Å². The van der Waals surface area contributed by atoms with Gasteiger partial charge in [-0.2, -0.15) is 0 Å². The highest BCUT2D eigenvalue weighted by molar-refractivity contribution is 5.64. The van der Waals surface area contributed by atoms with Crippen molar-refractivity contribution in [3.8, 4) is 40.1 Å². The van der Waals surface area contributed by atoms with Crippen molar-refractivity contribution in [2.24, 2.45) is 0 Å². The average Bonchev–Trinajstić information content (AvgIpc) is 3.46. The molecule has 0 aliphatic heterocycles. The highest BCUT2D eigenvalue weighted by Gasteiger charge is 2.16. The lowest BCUT2D eigenvalue weighted by Gasteiger charge is -2.08. The zero-order valence-electron chi connectivity index (χ0n) is 16.9. The molecule has 6 nitrogen and oxygen atoms in total. The first-order valence-corrected chi connectivity index (χ1v) is 9.91. The molecule has 2 aromatic heterocycles. The summed E-state index contributed by atoms with van der Waals surface area (Å²) in [5.41, 5.74) is 3.26. The maximum absolute atomic E-state index is 6.07. The number of aryl methyl sites for hydroxylation is 1. The molecule has 0 amide bonds. The number of ether oxygens (including phenoxy) is 1. The molecule has 0 spiro atoms. The van der Waals surface area contributed by atoms with Gasteiger partial charge in [0.25, 0.3) is 5.89 Å². The van der Waals surface area contributed by atoms with E-state index in [1.165, 1.54) is 0 Å². The van der Waals surface area contributed by atoms with Gasteiger partial charge < -0.3 is 13.6 Å². The minimum atomic E-state index is 0.263. The van der Waals surface area contributed by atoms with E-state index in [0.29, 0.717) is 23.4 Å². The van der Waals surface area contributed by atoms with E-state index in [9.17, 15) is 0 Å². The van der Waals surface area contributed by atoms with Crippen molar-refractivity contribution in [2.75, 3.05) is 0 Å². The molecule has 0 saturated heterocycles. The molecule has 5 aromatic rings. The zero-order chi connectivity index (χ0) is 21.0. The third-order valence-electron chi connectivity index (χ3n) is 4.84. The third kappa shape index (κ3) is 3.96. The highest BCUT2D eigenvalue weighted by atomic mass is 16.5. The van der Waals surface area contributed by atoms with Crippen LogP contribution in [0.25, 0.3) is 34.4 Å². The fraction of sp³-hybridized carbons (Fsp3) is 0.0800. The molecular weight excluding hydrogens is 390 g/mol. The Bertz CT molecular complexity index is 1290. The summed E-state index contributed by atoms with van der Waals surface area (Å²) < 4.78 is 17.8. The summed E-state index contributed by atoms with van der Waals surface area (Å²) in [6.45, 7) is 2.15. The minimum Gasteiger partial charge on any atom is -0.486 e. The largest absolute Gasteiger partial charge is 0.486 e. The van der Waals surface area contributed by atoms with Crippen molar-refractivity contribution in [3.63, 3.8) is 0 Å². The van der Waals surface area contributed by atoms with Crippen molar-refractivity contribution in [3.05, 3.63) is 96.4 Å². The summed E-state index contributed by atoms with van der Waals surface area (Å²) in [4.78, 5) is 4.60. The maximum Gasteiger partial charge on any atom is 0.251 e. The monoisotopic (exact) mass is 409 g/mol. The van der Waals surface area contributed by atoms with Crippen LogP contribution in [-0.2, 0) is 6.61 Å². The number of oxazole rings is 1. The molecule has 0 radical (unpaired) electrons. The Kier molecular flexibility index (Phi) is 5.02. The van der Waals surface area contributed by atoms with Gasteiger partial charge in [0.05, 0.1) is 5.56 Å². The second-order valence-electron chi connectivity index (χ2n) is 6.95. The van der Waals surface area contributed by atoms with Gasteiger partial charge in [-0.15, -0.1) is 10.2 Å². The first-order valence-electron chi connectivity index (χ1n) is 9.91. The second-order valence-corrected chi connectivity index (χ2v) is 6.95. The number of nitrogens with zero attached hydrogens (tertiary/aromatic N) is 3. The van der Waals surface area contributed by atoms with Gasteiger partial charge in [-0.25, -0.2) is 4.98 Å². The van der Waals surface area contributed by atoms with Gasteiger partial charge >= 0.3 is 0 Å². The number of hydrogen-bond donors (Lipinski definition) is 0. The van der Waals surface area contributed by atoms with E-state index in [0.717, 1.165) is 28.1 Å². The molecule has 0 aliphatic rings. The molecule has 3 aromatic carbocycles. The average molecular weight is 409 g/mol. The molecule has 0 bridgehead atoms. The van der Waals surface area contributed by atoms with Crippen LogP contribution in [0.15, 0.2) is 93.8 Å². The van der Waals surface area contributed by atoms with Crippen molar-refractivity contribution in [1.29, 1.82) is 0 Å². The van der Waals surface area contributed by atoms with Crippen LogP contribution < -0.4 is 4.74 Å². The fourth-order valence-electron chi connectivity index (χ4n) is 3.21. The minimum absolute atomic E-state index is 0.263. The molecule has 31 heavy (non-hydrogen) atoms. The van der Waals surface area contributed by atoms with Crippen LogP contribution in [0.2, 0.25) is 0 Å². The quantitative estimate of drug-likeness (QED) is 0.345. The molecule has 0 fully saturated rings. The van der Waals surface area contributed by atoms with Crippen molar-refractivity contribution < 1.29 is 13.6 Å². The van der Waals surface area contributed by atoms with Gasteiger partial charge in [-0.05, 0) is 43.3 Å². The number of aromatic nitrogens is 3. The number of hydrogen-bond acceptors (Lipinski definition) is 6. The Balaban J connectivity index is 1.38. The molecule has 0 unspecified atom stereocenters. The molecule has 6 heteroatoms. The van der Waals surface area contributed by atoms with Crippen LogP contribution >= 0.6 is 0 Å². The van der Waals surface area contributed by atoms with Gasteiger partial charge in [0, 0.05) is 11.1 Å². The Morgan fingerprint density at radius 2 is 1.29 bits per heavy atom. The summed E-state index contributed by atoms with van der Waals surface area (Å²) in [6, 6.07) is 27.0. The molecule has 0 N–H and O–H groups in total. The van der Waals surface area contributed by atoms with Gasteiger partial charge in [0.2, 0.25) is 11.8 Å². The smallest absolute Gasteiger partial charge is 0.251 e. The lowest BCUT2D eigenvalue weighted by atomic mass is 10.2. The summed E-state index contributed by atoms with van der Waals surface area (Å²) >= 11 is 0. The van der Waals surface area contributed by atoms with Gasteiger partial charge in [-0.1, -0.05) is 48.5 Å². The van der Waals surface area contributed by atoms with E-state index >= 15 is 0 Å². The maximum atomic E-state index is 6.07. The van der Waals surface area contributed by atoms with E-state index in [2.05, 4.69) is 15.2 Å². The van der Waals surface area contributed by atoms with Gasteiger partial charge in [0.15, 0.2) is 0 Å². The molecule has 0 aliphatic carbocycles. The van der Waals surface area contributed by atoms with Crippen LogP contribution in [-0.4, -0.2) is 15.2 Å². The molecule has 152 valence electrons. The lowest BCUT2D eigenvalue weighted by Crippen LogP contribution is -1.99. The van der Waals surface area contributed by atoms with Crippen molar-refractivity contribution >= 4 is 0 Å². The van der Waals surface area contributed by atoms with Crippen LogP contribution in [0.1, 0.15) is 11.5 Å². The molecule has 0 atom stereocenters. The van der Waals surface area contributed by atoms with E-state index in [4.69, 9.17) is 13.6 Å². The topological polar surface area (TPSA) is 74.2 Å². The summed E-state index contributed by atoms with van der Waals surface area (Å²) in [7, 11) is 0. The zero-order valence-corrected chi connectivity index (χ0v) is 16.9. The molecule has 5 rings (SSSR count). The molecular formula is C25H19N3O3. The van der Waals surface area contributed by atoms with Crippen LogP contribution in [0, 0.1) is 6.92 Å². The molecule has 0 saturated carbocycles. The predicted octanol–water partition coefficient (Wildman–Crippen LogP) is 5.95. The van der Waals surface area contributed by atoms with E-state index in [1.807, 2.05) is 91.9 Å². The lowest BCUT2D eigenvalue weighted by molar-refractivity contribution is 0.300. The normalized spacial score (nSPS) is 10.9. The summed E-state index contributed by atoms with van der Waals surface area (Å²) in [6.07, 6.45) is 0. The Morgan fingerprint density at radius 3 is 2.03 bits per heavy atom. The first kappa shape index (κ1) is 18.8. The van der Waals surface area contributed by atoms with Gasteiger partial charge in [-0.3, -0.25) is 0 Å². The van der Waals surface area contributed by atoms with Crippen LogP contribution in [0.3, 0.4) is 0 Å². The first-order chi connectivity index (χ1) is 15.3. The van der Waals surface area contributed by atoms with Gasteiger partial charge in [0.1, 0.15) is 23.8 Å². The van der Waals surface area contributed by atoms with E-state index in [1.54, 1.807) is 0 Å². The summed E-state index contributed by atoms with van der Waals surface area (Å²) in [5.74, 6) is 2.80. The van der Waals surface area contributed by atoms with Crippen molar-refractivity contribution in [1.82, 2.24) is 15.2 Å². The van der Waals surface area contributed by atoms with Crippen LogP contribution in [0.5, 0.6) is 5.75 Å². The number of benzene rings is 3. The number of para-hydroxylation sites is 1. The van der Waals surface area contributed by atoms with Crippen LogP contribution in [0.4, 0.5) is 0 Å². The number of rotatable bonds is 6. The molecule has 2 heterocycles. The second kappa shape index (κ2) is 8.28. The SMILES string of the molecule is Cc1oc(-c2ccccc2)nc1COc1ccccc1-c1nnc(-c2ccccc2)o1. The Morgan fingerprint density at radius 1 is 0.677 bits per heavy atom. The highest BCUT2D eigenvalue weighted by Crippen LogP contribution is 2.32.